The van der Waals surface area contributed by atoms with E-state index in [1.165, 1.54) is 16.7 Å². The highest BCUT2D eigenvalue weighted by Gasteiger charge is 2.20. The molecular weight excluding hydrogens is 487 g/mol. The van der Waals surface area contributed by atoms with Crippen molar-refractivity contribution in [2.75, 3.05) is 19.6 Å². The zero-order chi connectivity index (χ0) is 20.3. The fraction of sp³-hybridized carbons (Fsp3) is 0.417. The van der Waals surface area contributed by atoms with E-state index >= 15 is 0 Å². The normalized spacial score (nSPS) is 13.8. The minimum absolute atomic E-state index is 0. The Balaban J connectivity index is 0.00000320. The number of guanidine groups is 1. The van der Waals surface area contributed by atoms with Crippen molar-refractivity contribution in [2.45, 2.75) is 45.7 Å². The number of nitrogens with one attached hydrogen (secondary N) is 2. The lowest BCUT2D eigenvalue weighted by Crippen LogP contribution is -2.37. The molecule has 1 aliphatic heterocycles. The molecule has 1 heterocycles. The second kappa shape index (κ2) is 13.3. The number of aryl methyl sites for hydroxylation is 1. The zero-order valence-electron chi connectivity index (χ0n) is 17.8. The first kappa shape index (κ1) is 24.2. The lowest BCUT2D eigenvalue weighted by Gasteiger charge is -2.18. The molecule has 2 aromatic carbocycles. The van der Waals surface area contributed by atoms with E-state index < -0.39 is 0 Å². The highest BCUT2D eigenvalue weighted by molar-refractivity contribution is 14.0. The van der Waals surface area contributed by atoms with Gasteiger partial charge in [-0.1, -0.05) is 54.6 Å². The average Bonchev–Trinajstić information content (AvgIpc) is 3.15. The van der Waals surface area contributed by atoms with Crippen LogP contribution < -0.4 is 10.6 Å². The fourth-order valence-corrected chi connectivity index (χ4v) is 3.59. The van der Waals surface area contributed by atoms with Crippen LogP contribution in [0.3, 0.4) is 0 Å². The van der Waals surface area contributed by atoms with Gasteiger partial charge in [0.05, 0.1) is 6.54 Å². The predicted octanol–water partition coefficient (Wildman–Crippen LogP) is 4.11. The van der Waals surface area contributed by atoms with Crippen molar-refractivity contribution < 1.29 is 4.79 Å². The Morgan fingerprint density at radius 1 is 1.03 bits per heavy atom. The number of amides is 1. The molecule has 0 saturated carbocycles. The van der Waals surface area contributed by atoms with Gasteiger partial charge in [-0.2, -0.15) is 0 Å². The van der Waals surface area contributed by atoms with Crippen molar-refractivity contribution in [1.82, 2.24) is 15.5 Å². The van der Waals surface area contributed by atoms with Crippen LogP contribution in [0.2, 0.25) is 0 Å². The van der Waals surface area contributed by atoms with E-state index in [0.717, 1.165) is 44.9 Å². The molecule has 1 aliphatic rings. The molecule has 0 aromatic heterocycles. The molecule has 2 aromatic rings. The summed E-state index contributed by atoms with van der Waals surface area (Å²) < 4.78 is 0. The van der Waals surface area contributed by atoms with E-state index in [4.69, 9.17) is 4.99 Å². The van der Waals surface area contributed by atoms with Gasteiger partial charge in [0.25, 0.3) is 0 Å². The number of aliphatic imine (C=N–C) groups is 1. The van der Waals surface area contributed by atoms with Crippen LogP contribution in [0.25, 0.3) is 0 Å². The number of likely N-dealkylation sites (tertiary alicyclic amines) is 1. The second-order valence-electron chi connectivity index (χ2n) is 7.40. The summed E-state index contributed by atoms with van der Waals surface area (Å²) in [5, 5.41) is 6.76. The lowest BCUT2D eigenvalue weighted by atomic mass is 10.1. The maximum atomic E-state index is 12.0. The molecule has 1 fully saturated rings. The highest BCUT2D eigenvalue weighted by Crippen LogP contribution is 2.17. The molecular formula is C24H33IN4O. The maximum absolute atomic E-state index is 12.0. The van der Waals surface area contributed by atoms with Crippen molar-refractivity contribution in [1.29, 1.82) is 0 Å². The minimum atomic E-state index is 0. The molecule has 0 unspecified atom stereocenters. The molecule has 0 bridgehead atoms. The van der Waals surface area contributed by atoms with E-state index in [2.05, 4.69) is 60.0 Å². The molecule has 2 N–H and O–H groups in total. The van der Waals surface area contributed by atoms with E-state index in [-0.39, 0.29) is 29.9 Å². The van der Waals surface area contributed by atoms with Gasteiger partial charge >= 0.3 is 0 Å². The topological polar surface area (TPSA) is 56.7 Å². The Hall–Kier alpha value is -2.09. The summed E-state index contributed by atoms with van der Waals surface area (Å²) in [6.45, 7) is 5.94. The Morgan fingerprint density at radius 3 is 2.47 bits per heavy atom. The summed E-state index contributed by atoms with van der Waals surface area (Å²) in [6.07, 6.45) is 3.76. The third kappa shape index (κ3) is 7.63. The third-order valence-corrected chi connectivity index (χ3v) is 5.18. The SMILES string of the molecule is CCNC(=NCc1ccccc1CN1CCCC1=O)NCCCc1ccccc1.I. The molecule has 162 valence electrons. The molecule has 3 rings (SSSR count). The van der Waals surface area contributed by atoms with Crippen LogP contribution in [0.15, 0.2) is 59.6 Å². The highest BCUT2D eigenvalue weighted by atomic mass is 127. The van der Waals surface area contributed by atoms with Crippen LogP contribution in [-0.4, -0.2) is 36.4 Å². The number of carbonyl (C=O) groups excluding carboxylic acids is 1. The first-order valence-corrected chi connectivity index (χ1v) is 10.7. The monoisotopic (exact) mass is 520 g/mol. The third-order valence-electron chi connectivity index (χ3n) is 5.18. The van der Waals surface area contributed by atoms with Crippen LogP contribution in [0.5, 0.6) is 0 Å². The molecule has 0 radical (unpaired) electrons. The van der Waals surface area contributed by atoms with Crippen LogP contribution in [0, 0.1) is 0 Å². The van der Waals surface area contributed by atoms with E-state index in [1.54, 1.807) is 0 Å². The van der Waals surface area contributed by atoms with Gasteiger partial charge in [-0.25, -0.2) is 4.99 Å². The van der Waals surface area contributed by atoms with Crippen molar-refractivity contribution in [3.63, 3.8) is 0 Å². The Bertz CT molecular complexity index is 810. The molecule has 1 amide bonds. The summed E-state index contributed by atoms with van der Waals surface area (Å²) >= 11 is 0. The summed E-state index contributed by atoms with van der Waals surface area (Å²) in [5.74, 6) is 1.10. The van der Waals surface area contributed by atoms with Gasteiger partial charge in [0.1, 0.15) is 0 Å². The summed E-state index contributed by atoms with van der Waals surface area (Å²) in [4.78, 5) is 18.7. The standard InChI is InChI=1S/C24H32N4O.HI/c1-2-25-24(26-16-8-12-20-10-4-3-5-11-20)27-18-21-13-6-7-14-22(21)19-28-17-9-15-23(28)29;/h3-7,10-11,13-14H,2,8-9,12,15-19H2,1H3,(H2,25,26,27);1H. The number of halogens is 1. The van der Waals surface area contributed by atoms with Gasteiger partial charge in [0.15, 0.2) is 5.96 Å². The molecule has 0 atom stereocenters. The predicted molar refractivity (Wildman–Crippen MR) is 134 cm³/mol. The van der Waals surface area contributed by atoms with Crippen molar-refractivity contribution in [2.24, 2.45) is 4.99 Å². The molecule has 5 nitrogen and oxygen atoms in total. The number of carbonyl (C=O) groups is 1. The van der Waals surface area contributed by atoms with Crippen LogP contribution in [0.4, 0.5) is 0 Å². The van der Waals surface area contributed by atoms with Gasteiger partial charge in [-0.15, -0.1) is 24.0 Å². The summed E-state index contributed by atoms with van der Waals surface area (Å²) in [7, 11) is 0. The van der Waals surface area contributed by atoms with Crippen LogP contribution in [0.1, 0.15) is 42.9 Å². The van der Waals surface area contributed by atoms with Gasteiger partial charge in [0.2, 0.25) is 5.91 Å². The quantitative estimate of drug-likeness (QED) is 0.227. The van der Waals surface area contributed by atoms with Crippen molar-refractivity contribution in [3.8, 4) is 0 Å². The Kier molecular flexibility index (Phi) is 10.7. The zero-order valence-corrected chi connectivity index (χ0v) is 20.1. The number of rotatable bonds is 9. The number of hydrogen-bond donors (Lipinski definition) is 2. The van der Waals surface area contributed by atoms with E-state index in [9.17, 15) is 4.79 Å². The lowest BCUT2D eigenvalue weighted by molar-refractivity contribution is -0.128. The molecule has 30 heavy (non-hydrogen) atoms. The number of benzene rings is 2. The average molecular weight is 520 g/mol. The van der Waals surface area contributed by atoms with Crippen LogP contribution in [-0.2, 0) is 24.3 Å². The van der Waals surface area contributed by atoms with Gasteiger partial charge < -0.3 is 15.5 Å². The smallest absolute Gasteiger partial charge is 0.222 e. The Morgan fingerprint density at radius 2 is 1.77 bits per heavy atom. The van der Waals surface area contributed by atoms with E-state index in [1.807, 2.05) is 17.0 Å². The van der Waals surface area contributed by atoms with Gasteiger partial charge in [0, 0.05) is 32.6 Å². The first-order chi connectivity index (χ1) is 14.3. The fourth-order valence-electron chi connectivity index (χ4n) is 3.59. The minimum Gasteiger partial charge on any atom is -0.357 e. The summed E-state index contributed by atoms with van der Waals surface area (Å²) in [5.41, 5.74) is 3.72. The second-order valence-corrected chi connectivity index (χ2v) is 7.40. The molecule has 1 saturated heterocycles. The molecule has 0 spiro atoms. The van der Waals surface area contributed by atoms with Crippen molar-refractivity contribution in [3.05, 3.63) is 71.3 Å². The summed E-state index contributed by atoms with van der Waals surface area (Å²) in [6, 6.07) is 18.9. The molecule has 0 aliphatic carbocycles. The number of nitrogens with zero attached hydrogens (tertiary/aromatic N) is 2. The number of hydrogen-bond acceptors (Lipinski definition) is 2. The van der Waals surface area contributed by atoms with Gasteiger partial charge in [-0.05, 0) is 42.9 Å². The Labute approximate surface area is 197 Å². The van der Waals surface area contributed by atoms with Crippen molar-refractivity contribution >= 4 is 35.8 Å². The largest absolute Gasteiger partial charge is 0.357 e. The maximum Gasteiger partial charge on any atom is 0.222 e. The first-order valence-electron chi connectivity index (χ1n) is 10.7. The van der Waals surface area contributed by atoms with Gasteiger partial charge in [-0.3, -0.25) is 4.79 Å². The van der Waals surface area contributed by atoms with E-state index in [0.29, 0.717) is 19.5 Å². The van der Waals surface area contributed by atoms with Crippen LogP contribution >= 0.6 is 24.0 Å². The molecule has 6 heteroatoms.